The molecule has 0 saturated heterocycles. The second kappa shape index (κ2) is 4.08. The van der Waals surface area contributed by atoms with Crippen LogP contribution in [0.3, 0.4) is 0 Å². The molecule has 0 aliphatic carbocycles. The molecule has 0 atom stereocenters. The quantitative estimate of drug-likeness (QED) is 0.649. The summed E-state index contributed by atoms with van der Waals surface area (Å²) in [4.78, 5) is 7.50. The van der Waals surface area contributed by atoms with Gasteiger partial charge in [0.2, 0.25) is 0 Å². The molecular weight excluding hydrogens is 281 g/mol. The molecule has 0 amide bonds. The predicted octanol–water partition coefficient (Wildman–Crippen LogP) is 5.18. The average Bonchev–Trinajstić information content (AvgIpc) is 2.66. The van der Waals surface area contributed by atoms with Crippen LogP contribution in [0.25, 0.3) is 0 Å². The zero-order valence-electron chi connectivity index (χ0n) is 7.91. The van der Waals surface area contributed by atoms with Gasteiger partial charge in [-0.05, 0) is 23.6 Å². The molecule has 1 aromatic heterocycles. The number of fused-ring (bicyclic) bond motifs is 2. The van der Waals surface area contributed by atoms with E-state index in [4.69, 9.17) is 23.2 Å². The van der Waals surface area contributed by atoms with E-state index < -0.39 is 0 Å². The molecule has 1 aliphatic rings. The third kappa shape index (κ3) is 1.68. The molecule has 5 heteroatoms. The fourth-order valence-electron chi connectivity index (χ4n) is 1.48. The zero-order chi connectivity index (χ0) is 11.1. The highest BCUT2D eigenvalue weighted by molar-refractivity contribution is 7.99. The third-order valence-corrected chi connectivity index (χ3v) is 5.25. The minimum Gasteiger partial charge on any atom is -0.234 e. The van der Waals surface area contributed by atoms with Gasteiger partial charge >= 0.3 is 0 Å². The van der Waals surface area contributed by atoms with Gasteiger partial charge in [-0.3, -0.25) is 0 Å². The Morgan fingerprint density at radius 3 is 2.88 bits per heavy atom. The summed E-state index contributed by atoms with van der Waals surface area (Å²) in [5, 5.41) is 3.27. The molecule has 0 unspecified atom stereocenters. The Bertz CT molecular complexity index is 589. The summed E-state index contributed by atoms with van der Waals surface area (Å²) in [6, 6.07) is 7.72. The van der Waals surface area contributed by atoms with E-state index in [2.05, 4.69) is 4.99 Å². The van der Waals surface area contributed by atoms with E-state index >= 15 is 0 Å². The first-order valence-electron chi connectivity index (χ1n) is 4.54. The van der Waals surface area contributed by atoms with Gasteiger partial charge in [-0.15, -0.1) is 11.3 Å². The Morgan fingerprint density at radius 1 is 1.12 bits per heavy atom. The summed E-state index contributed by atoms with van der Waals surface area (Å²) in [6.07, 6.45) is 0. The lowest BCUT2D eigenvalue weighted by Crippen LogP contribution is -1.84. The minimum atomic E-state index is 0.540. The number of aliphatic imine (C=N–C) groups is 1. The molecule has 0 radical (unpaired) electrons. The van der Waals surface area contributed by atoms with Gasteiger partial charge in [0, 0.05) is 4.90 Å². The van der Waals surface area contributed by atoms with E-state index in [1.807, 2.05) is 29.6 Å². The number of hydrogen-bond donors (Lipinski definition) is 0. The number of thiophene rings is 1. The molecule has 80 valence electrons. The van der Waals surface area contributed by atoms with Crippen LogP contribution < -0.4 is 0 Å². The van der Waals surface area contributed by atoms with Gasteiger partial charge in [-0.1, -0.05) is 41.0 Å². The Labute approximate surface area is 111 Å². The molecule has 1 nitrogen and oxygen atoms in total. The van der Waals surface area contributed by atoms with E-state index in [1.165, 1.54) is 0 Å². The lowest BCUT2D eigenvalue weighted by Gasteiger charge is -2.03. The monoisotopic (exact) mass is 285 g/mol. The lowest BCUT2D eigenvalue weighted by atomic mass is 10.3. The summed E-state index contributed by atoms with van der Waals surface area (Å²) < 4.78 is 0. The highest BCUT2D eigenvalue weighted by Crippen LogP contribution is 2.45. The van der Waals surface area contributed by atoms with Crippen molar-refractivity contribution in [3.8, 4) is 0 Å². The first-order valence-corrected chi connectivity index (χ1v) is 6.99. The van der Waals surface area contributed by atoms with Crippen molar-refractivity contribution in [1.29, 1.82) is 0 Å². The van der Waals surface area contributed by atoms with Gasteiger partial charge in [0.05, 0.1) is 20.5 Å². The Balaban J connectivity index is 2.28. The van der Waals surface area contributed by atoms with Crippen LogP contribution in [-0.4, -0.2) is 5.17 Å². The summed E-state index contributed by atoms with van der Waals surface area (Å²) in [7, 11) is 0. The summed E-state index contributed by atoms with van der Waals surface area (Å²) in [5.74, 6) is 0. The summed E-state index contributed by atoms with van der Waals surface area (Å²) >= 11 is 15.6. The maximum Gasteiger partial charge on any atom is 0.148 e. The molecule has 0 bridgehead atoms. The van der Waals surface area contributed by atoms with Crippen LogP contribution in [0, 0.1) is 0 Å². The van der Waals surface area contributed by atoms with Crippen LogP contribution in [-0.2, 0) is 0 Å². The maximum atomic E-state index is 6.18. The van der Waals surface area contributed by atoms with Crippen molar-refractivity contribution in [3.63, 3.8) is 0 Å². The van der Waals surface area contributed by atoms with Crippen molar-refractivity contribution < 1.29 is 0 Å². The first kappa shape index (κ1) is 10.7. The van der Waals surface area contributed by atoms with Gasteiger partial charge in [-0.2, -0.15) is 0 Å². The van der Waals surface area contributed by atoms with Crippen LogP contribution >= 0.6 is 46.3 Å². The zero-order valence-corrected chi connectivity index (χ0v) is 11.1. The highest BCUT2D eigenvalue weighted by atomic mass is 35.5. The smallest absolute Gasteiger partial charge is 0.148 e. The van der Waals surface area contributed by atoms with Crippen molar-refractivity contribution in [1.82, 2.24) is 0 Å². The fraction of sp³-hybridized carbons (Fsp3) is 0. The lowest BCUT2D eigenvalue weighted by molar-refractivity contribution is 1.38. The Kier molecular flexibility index (Phi) is 2.72. The van der Waals surface area contributed by atoms with Crippen molar-refractivity contribution in [3.05, 3.63) is 39.5 Å². The number of halogens is 2. The molecule has 0 saturated carbocycles. The topological polar surface area (TPSA) is 12.4 Å². The van der Waals surface area contributed by atoms with Crippen molar-refractivity contribution in [2.24, 2.45) is 4.99 Å². The predicted molar refractivity (Wildman–Crippen MR) is 71.9 cm³/mol. The second-order valence-corrected chi connectivity index (χ2v) is 5.94. The molecule has 2 aromatic rings. The number of benzene rings is 1. The second-order valence-electron chi connectivity index (χ2n) is 3.21. The van der Waals surface area contributed by atoms with Crippen molar-refractivity contribution >= 4 is 57.2 Å². The van der Waals surface area contributed by atoms with Gasteiger partial charge in [0.25, 0.3) is 0 Å². The molecule has 3 rings (SSSR count). The molecule has 1 aliphatic heterocycles. The average molecular weight is 286 g/mol. The van der Waals surface area contributed by atoms with E-state index in [9.17, 15) is 0 Å². The Hall–Kier alpha value is -0.480. The number of rotatable bonds is 0. The third-order valence-electron chi connectivity index (χ3n) is 2.19. The van der Waals surface area contributed by atoms with Gasteiger partial charge in [0.1, 0.15) is 5.17 Å². The van der Waals surface area contributed by atoms with Gasteiger partial charge < -0.3 is 0 Å². The highest BCUT2D eigenvalue weighted by Gasteiger charge is 2.18. The number of nitrogens with zero attached hydrogens (tertiary/aromatic N) is 1. The van der Waals surface area contributed by atoms with Crippen LogP contribution in [0.1, 0.15) is 4.88 Å². The van der Waals surface area contributed by atoms with E-state index in [1.54, 1.807) is 23.1 Å². The van der Waals surface area contributed by atoms with Gasteiger partial charge in [-0.25, -0.2) is 4.99 Å². The maximum absolute atomic E-state index is 6.18. The molecule has 16 heavy (non-hydrogen) atoms. The molecule has 1 aromatic carbocycles. The van der Waals surface area contributed by atoms with Crippen molar-refractivity contribution in [2.75, 3.05) is 0 Å². The molecule has 0 N–H and O–H groups in total. The fourth-order valence-corrected chi connectivity index (χ4v) is 4.10. The molecular formula is C11H5Cl2NS2. The minimum absolute atomic E-state index is 0.540. The first-order chi connectivity index (χ1) is 7.75. The normalized spacial score (nSPS) is 13.8. The Morgan fingerprint density at radius 2 is 2.00 bits per heavy atom. The summed E-state index contributed by atoms with van der Waals surface area (Å²) in [5.41, 5.74) is 0.839. The van der Waals surface area contributed by atoms with Crippen LogP contribution in [0.2, 0.25) is 5.02 Å². The largest absolute Gasteiger partial charge is 0.234 e. The SMILES string of the molecule is ClC1=Nc2cccc(Cl)c2Sc2ccsc21. The molecule has 2 heterocycles. The molecule has 0 spiro atoms. The standard InChI is InChI=1S/C11H5Cl2NS2/c12-6-2-1-3-7-9(6)16-8-4-5-15-10(8)11(13)14-7/h1-5H. The van der Waals surface area contributed by atoms with E-state index in [0.717, 1.165) is 25.4 Å². The van der Waals surface area contributed by atoms with Crippen LogP contribution in [0.15, 0.2) is 44.4 Å². The molecule has 0 fully saturated rings. The van der Waals surface area contributed by atoms with Crippen LogP contribution in [0.5, 0.6) is 0 Å². The van der Waals surface area contributed by atoms with Crippen LogP contribution in [0.4, 0.5) is 5.69 Å². The summed E-state index contributed by atoms with van der Waals surface area (Å²) in [6.45, 7) is 0. The van der Waals surface area contributed by atoms with E-state index in [0.29, 0.717) is 5.17 Å². The number of hydrogen-bond acceptors (Lipinski definition) is 3. The van der Waals surface area contributed by atoms with Crippen molar-refractivity contribution in [2.45, 2.75) is 9.79 Å². The van der Waals surface area contributed by atoms with E-state index in [-0.39, 0.29) is 0 Å². The van der Waals surface area contributed by atoms with Gasteiger partial charge in [0.15, 0.2) is 0 Å².